The normalized spacial score (nSPS) is 13.4. The molecule has 5 heteroatoms. The van der Waals surface area contributed by atoms with E-state index in [0.717, 1.165) is 29.7 Å². The molecule has 1 amide bonds. The molecule has 0 N–H and O–H groups in total. The molecule has 1 aliphatic heterocycles. The Morgan fingerprint density at radius 3 is 2.38 bits per heavy atom. The zero-order valence-corrected chi connectivity index (χ0v) is 14.8. The van der Waals surface area contributed by atoms with Crippen LogP contribution >= 0.6 is 11.6 Å². The monoisotopic (exact) mass is 345 g/mol. The SMILES string of the molecule is COc1cc(OC)cc(C(=O)N2CCCc3cc(Cl)cc(C)c32)c1. The van der Waals surface area contributed by atoms with Crippen LogP contribution in [0.1, 0.15) is 27.9 Å². The zero-order valence-electron chi connectivity index (χ0n) is 14.1. The molecule has 4 nitrogen and oxygen atoms in total. The fraction of sp³-hybridized carbons (Fsp3) is 0.316. The third kappa shape index (κ3) is 3.06. The molecule has 2 aromatic carbocycles. The maximum atomic E-state index is 13.1. The van der Waals surface area contributed by atoms with Crippen LogP contribution in [-0.4, -0.2) is 26.7 Å². The lowest BCUT2D eigenvalue weighted by Gasteiger charge is -2.31. The molecule has 0 bridgehead atoms. The van der Waals surface area contributed by atoms with Gasteiger partial charge in [-0.1, -0.05) is 11.6 Å². The van der Waals surface area contributed by atoms with Crippen LogP contribution in [0.3, 0.4) is 0 Å². The number of fused-ring (bicyclic) bond motifs is 1. The Bertz CT molecular complexity index is 766. The third-order valence-corrected chi connectivity index (χ3v) is 4.50. The van der Waals surface area contributed by atoms with Gasteiger partial charge in [0.25, 0.3) is 5.91 Å². The molecule has 0 unspecified atom stereocenters. The van der Waals surface area contributed by atoms with Crippen molar-refractivity contribution in [1.82, 2.24) is 0 Å². The number of rotatable bonds is 3. The van der Waals surface area contributed by atoms with Crippen LogP contribution in [-0.2, 0) is 6.42 Å². The maximum Gasteiger partial charge on any atom is 0.258 e. The lowest BCUT2D eigenvalue weighted by molar-refractivity contribution is 0.0984. The fourth-order valence-electron chi connectivity index (χ4n) is 3.21. The lowest BCUT2D eigenvalue weighted by Crippen LogP contribution is -2.36. The Morgan fingerprint density at radius 1 is 1.08 bits per heavy atom. The minimum Gasteiger partial charge on any atom is -0.497 e. The van der Waals surface area contributed by atoms with Crippen molar-refractivity contribution in [3.63, 3.8) is 0 Å². The van der Waals surface area contributed by atoms with Crippen molar-refractivity contribution >= 4 is 23.2 Å². The van der Waals surface area contributed by atoms with Crippen molar-refractivity contribution in [2.45, 2.75) is 19.8 Å². The van der Waals surface area contributed by atoms with Crippen LogP contribution in [0.5, 0.6) is 11.5 Å². The molecule has 0 saturated carbocycles. The first-order chi connectivity index (χ1) is 11.5. The average molecular weight is 346 g/mol. The van der Waals surface area contributed by atoms with Crippen molar-refractivity contribution < 1.29 is 14.3 Å². The van der Waals surface area contributed by atoms with E-state index in [0.29, 0.717) is 28.6 Å². The molecular weight excluding hydrogens is 326 g/mol. The maximum absolute atomic E-state index is 13.1. The summed E-state index contributed by atoms with van der Waals surface area (Å²) in [4.78, 5) is 14.9. The number of anilines is 1. The van der Waals surface area contributed by atoms with Gasteiger partial charge in [0.1, 0.15) is 11.5 Å². The topological polar surface area (TPSA) is 38.8 Å². The molecule has 0 radical (unpaired) electrons. The molecule has 1 aliphatic rings. The second kappa shape index (κ2) is 6.73. The number of halogens is 1. The number of methoxy groups -OCH3 is 2. The summed E-state index contributed by atoms with van der Waals surface area (Å²) in [6.07, 6.45) is 1.85. The summed E-state index contributed by atoms with van der Waals surface area (Å²) in [6, 6.07) is 9.09. The van der Waals surface area contributed by atoms with E-state index >= 15 is 0 Å². The van der Waals surface area contributed by atoms with E-state index in [2.05, 4.69) is 0 Å². The van der Waals surface area contributed by atoms with E-state index in [1.165, 1.54) is 0 Å². The Balaban J connectivity index is 2.04. The number of carbonyl (C=O) groups excluding carboxylic acids is 1. The highest BCUT2D eigenvalue weighted by molar-refractivity contribution is 6.31. The fourth-order valence-corrected chi connectivity index (χ4v) is 3.51. The number of benzene rings is 2. The first-order valence-electron chi connectivity index (χ1n) is 7.87. The number of nitrogens with zero attached hydrogens (tertiary/aromatic N) is 1. The van der Waals surface area contributed by atoms with Crippen molar-refractivity contribution in [2.24, 2.45) is 0 Å². The largest absolute Gasteiger partial charge is 0.497 e. The Hall–Kier alpha value is -2.20. The van der Waals surface area contributed by atoms with Gasteiger partial charge in [-0.2, -0.15) is 0 Å². The van der Waals surface area contributed by atoms with E-state index in [4.69, 9.17) is 21.1 Å². The number of amides is 1. The van der Waals surface area contributed by atoms with Gasteiger partial charge in [0.2, 0.25) is 0 Å². The van der Waals surface area contributed by atoms with Crippen LogP contribution in [0, 0.1) is 6.92 Å². The molecule has 0 aromatic heterocycles. The van der Waals surface area contributed by atoms with Gasteiger partial charge in [0.15, 0.2) is 0 Å². The molecule has 0 saturated heterocycles. The molecule has 0 atom stereocenters. The Kier molecular flexibility index (Phi) is 4.67. The van der Waals surface area contributed by atoms with Crippen LogP contribution in [0.15, 0.2) is 30.3 Å². The standard InChI is InChI=1S/C19H20ClNO3/c1-12-7-15(20)8-13-5-4-6-21(18(12)13)19(22)14-9-16(23-2)11-17(10-14)24-3/h7-11H,4-6H2,1-3H3. The summed E-state index contributed by atoms with van der Waals surface area (Å²) in [5.74, 6) is 1.14. The quantitative estimate of drug-likeness (QED) is 0.834. The molecule has 0 spiro atoms. The Morgan fingerprint density at radius 2 is 1.75 bits per heavy atom. The van der Waals surface area contributed by atoms with Crippen molar-refractivity contribution in [3.05, 3.63) is 52.0 Å². The first kappa shape index (κ1) is 16.7. The summed E-state index contributed by atoms with van der Waals surface area (Å²) < 4.78 is 10.6. The number of aryl methyl sites for hydroxylation is 2. The van der Waals surface area contributed by atoms with Crippen LogP contribution in [0.2, 0.25) is 5.02 Å². The second-order valence-corrected chi connectivity index (χ2v) is 6.33. The molecule has 0 fully saturated rings. The van der Waals surface area contributed by atoms with Crippen LogP contribution in [0.25, 0.3) is 0 Å². The summed E-state index contributed by atoms with van der Waals surface area (Å²) in [5.41, 5.74) is 3.65. The van der Waals surface area contributed by atoms with E-state index in [1.54, 1.807) is 32.4 Å². The number of hydrogen-bond donors (Lipinski definition) is 0. The van der Waals surface area contributed by atoms with E-state index < -0.39 is 0 Å². The highest BCUT2D eigenvalue weighted by Crippen LogP contribution is 2.35. The van der Waals surface area contributed by atoms with Gasteiger partial charge >= 0.3 is 0 Å². The summed E-state index contributed by atoms with van der Waals surface area (Å²) in [5, 5.41) is 0.712. The Labute approximate surface area is 146 Å². The van der Waals surface area contributed by atoms with Crippen LogP contribution < -0.4 is 14.4 Å². The second-order valence-electron chi connectivity index (χ2n) is 5.89. The van der Waals surface area contributed by atoms with Crippen molar-refractivity contribution in [2.75, 3.05) is 25.7 Å². The molecule has 1 heterocycles. The third-order valence-electron chi connectivity index (χ3n) is 4.29. The van der Waals surface area contributed by atoms with Crippen molar-refractivity contribution in [3.8, 4) is 11.5 Å². The zero-order chi connectivity index (χ0) is 17.3. The van der Waals surface area contributed by atoms with Gasteiger partial charge < -0.3 is 14.4 Å². The van der Waals surface area contributed by atoms with Gasteiger partial charge in [-0.3, -0.25) is 4.79 Å². The predicted molar refractivity (Wildman–Crippen MR) is 95.7 cm³/mol. The van der Waals surface area contributed by atoms with E-state index in [9.17, 15) is 4.79 Å². The molecule has 2 aromatic rings. The molecule has 3 rings (SSSR count). The molecular formula is C19H20ClNO3. The van der Waals surface area contributed by atoms with E-state index in [1.807, 2.05) is 24.0 Å². The predicted octanol–water partition coefficient (Wildman–Crippen LogP) is 4.26. The smallest absolute Gasteiger partial charge is 0.258 e. The number of hydrogen-bond acceptors (Lipinski definition) is 3. The minimum absolute atomic E-state index is 0.0569. The van der Waals surface area contributed by atoms with Gasteiger partial charge in [-0.15, -0.1) is 0 Å². The molecule has 0 aliphatic carbocycles. The van der Waals surface area contributed by atoms with Gasteiger partial charge in [-0.05, 0) is 55.2 Å². The number of carbonyl (C=O) groups is 1. The highest BCUT2D eigenvalue weighted by Gasteiger charge is 2.26. The van der Waals surface area contributed by atoms with Gasteiger partial charge in [0.05, 0.1) is 19.9 Å². The van der Waals surface area contributed by atoms with E-state index in [-0.39, 0.29) is 5.91 Å². The molecule has 126 valence electrons. The number of ether oxygens (including phenoxy) is 2. The van der Waals surface area contributed by atoms with Gasteiger partial charge in [0, 0.05) is 23.2 Å². The van der Waals surface area contributed by atoms with Crippen molar-refractivity contribution in [1.29, 1.82) is 0 Å². The lowest BCUT2D eigenvalue weighted by atomic mass is 9.97. The minimum atomic E-state index is -0.0569. The summed E-state index contributed by atoms with van der Waals surface area (Å²) >= 11 is 6.17. The summed E-state index contributed by atoms with van der Waals surface area (Å²) in [6.45, 7) is 2.68. The first-order valence-corrected chi connectivity index (χ1v) is 8.25. The average Bonchev–Trinajstić information content (AvgIpc) is 2.59. The summed E-state index contributed by atoms with van der Waals surface area (Å²) in [7, 11) is 3.15. The highest BCUT2D eigenvalue weighted by atomic mass is 35.5. The van der Waals surface area contributed by atoms with Crippen LogP contribution in [0.4, 0.5) is 5.69 Å². The molecule has 24 heavy (non-hydrogen) atoms. The van der Waals surface area contributed by atoms with Gasteiger partial charge in [-0.25, -0.2) is 0 Å².